The quantitative estimate of drug-likeness (QED) is 0.830. The summed E-state index contributed by atoms with van der Waals surface area (Å²) in [6.07, 6.45) is 3.00. The number of carbonyl (C=O) groups excluding carboxylic acids is 1. The lowest BCUT2D eigenvalue weighted by atomic mass is 9.97. The number of aliphatic hydroxyl groups is 1. The maximum Gasteiger partial charge on any atom is 0.234 e. The van der Waals surface area contributed by atoms with Crippen LogP contribution in [0.3, 0.4) is 0 Å². The summed E-state index contributed by atoms with van der Waals surface area (Å²) in [5, 5.41) is 14.0. The Morgan fingerprint density at radius 1 is 1.52 bits per heavy atom. The van der Waals surface area contributed by atoms with Gasteiger partial charge in [0.05, 0.1) is 19.3 Å². The van der Waals surface area contributed by atoms with Crippen molar-refractivity contribution in [1.29, 1.82) is 0 Å². The first-order chi connectivity index (χ1) is 11.0. The first-order valence-corrected chi connectivity index (χ1v) is 8.42. The maximum atomic E-state index is 12.1. The largest absolute Gasteiger partial charge is 0.496 e. The van der Waals surface area contributed by atoms with Crippen molar-refractivity contribution >= 4 is 17.5 Å². The van der Waals surface area contributed by atoms with Gasteiger partial charge in [0.15, 0.2) is 0 Å². The molecule has 2 aliphatic rings. The lowest BCUT2D eigenvalue weighted by Gasteiger charge is -2.22. The normalized spacial score (nSPS) is 24.7. The molecular weight excluding hydrogens is 316 g/mol. The Kier molecular flexibility index (Phi) is 4.80. The number of likely N-dealkylation sites (tertiary alicyclic amines) is 1. The first kappa shape index (κ1) is 16.6. The second-order valence-electron chi connectivity index (χ2n) is 6.57. The van der Waals surface area contributed by atoms with Crippen molar-refractivity contribution in [2.24, 2.45) is 5.92 Å². The molecule has 23 heavy (non-hydrogen) atoms. The average molecular weight is 339 g/mol. The van der Waals surface area contributed by atoms with Crippen LogP contribution in [-0.2, 0) is 11.3 Å². The average Bonchev–Trinajstić information content (AvgIpc) is 3.31. The molecule has 0 radical (unpaired) electrons. The molecule has 1 aromatic rings. The van der Waals surface area contributed by atoms with Crippen LogP contribution in [0.2, 0.25) is 5.02 Å². The molecule has 1 atom stereocenters. The van der Waals surface area contributed by atoms with Gasteiger partial charge in [0.25, 0.3) is 0 Å². The molecule has 2 N–H and O–H groups in total. The lowest BCUT2D eigenvalue weighted by Crippen LogP contribution is -2.40. The van der Waals surface area contributed by atoms with Gasteiger partial charge < -0.3 is 15.2 Å². The van der Waals surface area contributed by atoms with Crippen LogP contribution in [-0.4, -0.2) is 48.3 Å². The molecule has 0 aromatic heterocycles. The number of halogens is 1. The van der Waals surface area contributed by atoms with Crippen LogP contribution in [0.5, 0.6) is 5.75 Å². The van der Waals surface area contributed by atoms with Crippen LogP contribution >= 0.6 is 11.6 Å². The van der Waals surface area contributed by atoms with Crippen molar-refractivity contribution in [2.75, 3.05) is 26.7 Å². The molecule has 1 saturated carbocycles. The van der Waals surface area contributed by atoms with Gasteiger partial charge in [-0.3, -0.25) is 9.69 Å². The Bertz CT molecular complexity index is 591. The third-order valence-electron chi connectivity index (χ3n) is 4.78. The fourth-order valence-electron chi connectivity index (χ4n) is 3.32. The first-order valence-electron chi connectivity index (χ1n) is 8.04. The Balaban J connectivity index is 1.49. The second-order valence-corrected chi connectivity index (χ2v) is 7.01. The molecule has 2 fully saturated rings. The van der Waals surface area contributed by atoms with Crippen molar-refractivity contribution in [2.45, 2.75) is 31.4 Å². The van der Waals surface area contributed by atoms with Gasteiger partial charge in [-0.2, -0.15) is 0 Å². The summed E-state index contributed by atoms with van der Waals surface area (Å²) in [7, 11) is 1.59. The smallest absolute Gasteiger partial charge is 0.234 e. The van der Waals surface area contributed by atoms with Crippen molar-refractivity contribution in [3.05, 3.63) is 28.8 Å². The highest BCUT2D eigenvalue weighted by Gasteiger charge is 2.47. The van der Waals surface area contributed by atoms with E-state index in [1.54, 1.807) is 25.3 Å². The summed E-state index contributed by atoms with van der Waals surface area (Å²) < 4.78 is 5.27. The Labute approximate surface area is 141 Å². The number of benzene rings is 1. The lowest BCUT2D eigenvalue weighted by molar-refractivity contribution is -0.122. The summed E-state index contributed by atoms with van der Waals surface area (Å²) in [5.74, 6) is 1.09. The minimum absolute atomic E-state index is 0.0490. The molecule has 1 aromatic carbocycles. The van der Waals surface area contributed by atoms with Crippen molar-refractivity contribution in [1.82, 2.24) is 10.2 Å². The van der Waals surface area contributed by atoms with Gasteiger partial charge in [0.2, 0.25) is 5.91 Å². The van der Waals surface area contributed by atoms with Gasteiger partial charge in [-0.05, 0) is 43.4 Å². The van der Waals surface area contributed by atoms with Gasteiger partial charge in [0.1, 0.15) is 5.75 Å². The highest BCUT2D eigenvalue weighted by Crippen LogP contribution is 2.44. The van der Waals surface area contributed by atoms with E-state index in [0.29, 0.717) is 36.3 Å². The molecule has 1 saturated heterocycles. The van der Waals surface area contributed by atoms with Crippen molar-refractivity contribution in [3.63, 3.8) is 0 Å². The van der Waals surface area contributed by atoms with E-state index in [-0.39, 0.29) is 5.91 Å². The third kappa shape index (κ3) is 3.97. The Hall–Kier alpha value is -1.30. The molecule has 126 valence electrons. The van der Waals surface area contributed by atoms with Crippen molar-refractivity contribution in [3.8, 4) is 5.75 Å². The highest BCUT2D eigenvalue weighted by molar-refractivity contribution is 6.30. The van der Waals surface area contributed by atoms with Gasteiger partial charge >= 0.3 is 0 Å². The van der Waals surface area contributed by atoms with Crippen molar-refractivity contribution < 1.29 is 14.6 Å². The fourth-order valence-corrected chi connectivity index (χ4v) is 3.52. The van der Waals surface area contributed by atoms with E-state index < -0.39 is 5.60 Å². The van der Waals surface area contributed by atoms with Gasteiger partial charge in [-0.1, -0.05) is 11.6 Å². The summed E-state index contributed by atoms with van der Waals surface area (Å²) >= 11 is 5.99. The molecule has 3 rings (SSSR count). The number of hydrogen-bond donors (Lipinski definition) is 2. The molecule has 1 heterocycles. The van der Waals surface area contributed by atoms with Gasteiger partial charge in [-0.15, -0.1) is 0 Å². The molecule has 1 aliphatic heterocycles. The zero-order valence-electron chi connectivity index (χ0n) is 13.3. The van der Waals surface area contributed by atoms with E-state index in [1.165, 1.54) is 0 Å². The van der Waals surface area contributed by atoms with E-state index in [4.69, 9.17) is 16.3 Å². The summed E-state index contributed by atoms with van der Waals surface area (Å²) in [4.78, 5) is 14.2. The number of hydrogen-bond acceptors (Lipinski definition) is 4. The number of nitrogens with zero attached hydrogens (tertiary/aromatic N) is 1. The van der Waals surface area contributed by atoms with E-state index >= 15 is 0 Å². The molecule has 1 amide bonds. The fraction of sp³-hybridized carbons (Fsp3) is 0.588. The van der Waals surface area contributed by atoms with Gasteiger partial charge in [-0.25, -0.2) is 0 Å². The van der Waals surface area contributed by atoms with Crippen LogP contribution in [0.15, 0.2) is 18.2 Å². The number of β-amino-alcohol motifs (C(OH)–C–C–N with tert-alkyl or cyclic N) is 1. The predicted octanol–water partition coefficient (Wildman–Crippen LogP) is 1.81. The summed E-state index contributed by atoms with van der Waals surface area (Å²) in [6.45, 7) is 2.08. The SMILES string of the molecule is COc1ccc(Cl)cc1CNC(=O)CN1CCC(O)(C2CC2)C1. The van der Waals surface area contributed by atoms with Crippen LogP contribution in [0, 0.1) is 5.92 Å². The van der Waals surface area contributed by atoms with E-state index in [9.17, 15) is 9.90 Å². The Morgan fingerprint density at radius 3 is 3.00 bits per heavy atom. The van der Waals surface area contributed by atoms with Crippen LogP contribution < -0.4 is 10.1 Å². The number of methoxy groups -OCH3 is 1. The number of rotatable bonds is 6. The Morgan fingerprint density at radius 2 is 2.30 bits per heavy atom. The third-order valence-corrected chi connectivity index (χ3v) is 5.02. The van der Waals surface area contributed by atoms with E-state index in [1.807, 2.05) is 4.90 Å². The topological polar surface area (TPSA) is 61.8 Å². The van der Waals surface area contributed by atoms with Crippen LogP contribution in [0.4, 0.5) is 0 Å². The molecular formula is C17H23ClN2O3. The monoisotopic (exact) mass is 338 g/mol. The van der Waals surface area contributed by atoms with Crippen LogP contribution in [0.25, 0.3) is 0 Å². The second kappa shape index (κ2) is 6.67. The van der Waals surface area contributed by atoms with E-state index in [2.05, 4.69) is 5.32 Å². The molecule has 5 nitrogen and oxygen atoms in total. The molecule has 0 spiro atoms. The minimum atomic E-state index is -0.573. The highest BCUT2D eigenvalue weighted by atomic mass is 35.5. The standard InChI is InChI=1S/C17H23ClN2O3/c1-23-15-5-4-14(18)8-12(15)9-19-16(21)10-20-7-6-17(22,11-20)13-2-3-13/h4-5,8,13,22H,2-3,6-7,9-11H2,1H3,(H,19,21). The minimum Gasteiger partial charge on any atom is -0.496 e. The zero-order chi connectivity index (χ0) is 16.4. The van der Waals surface area contributed by atoms with Gasteiger partial charge in [0, 0.05) is 30.2 Å². The predicted molar refractivity (Wildman–Crippen MR) is 88.6 cm³/mol. The van der Waals surface area contributed by atoms with E-state index in [0.717, 1.165) is 31.4 Å². The number of nitrogens with one attached hydrogen (secondary N) is 1. The molecule has 0 bridgehead atoms. The molecule has 1 aliphatic carbocycles. The summed E-state index contributed by atoms with van der Waals surface area (Å²) in [5.41, 5.74) is 0.278. The number of amides is 1. The number of ether oxygens (including phenoxy) is 1. The maximum absolute atomic E-state index is 12.1. The van der Waals surface area contributed by atoms with Crippen LogP contribution in [0.1, 0.15) is 24.8 Å². The molecule has 6 heteroatoms. The summed E-state index contributed by atoms with van der Waals surface area (Å²) in [6, 6.07) is 5.34. The zero-order valence-corrected chi connectivity index (χ0v) is 14.1. The molecule has 1 unspecified atom stereocenters. The number of carbonyl (C=O) groups is 1.